The first-order chi connectivity index (χ1) is 15.7. The second-order valence-electron chi connectivity index (χ2n) is 7.87. The number of fused-ring (bicyclic) bond motifs is 3. The summed E-state index contributed by atoms with van der Waals surface area (Å²) in [6, 6.07) is 21.3. The third kappa shape index (κ3) is 4.18. The van der Waals surface area contributed by atoms with Crippen LogP contribution in [0.3, 0.4) is 0 Å². The summed E-state index contributed by atoms with van der Waals surface area (Å²) in [6.45, 7) is 1.65. The molecule has 2 amide bonds. The van der Waals surface area contributed by atoms with E-state index in [1.807, 2.05) is 83.4 Å². The predicted octanol–water partition coefficient (Wildman–Crippen LogP) is 4.76. The second-order valence-corrected chi connectivity index (χ2v) is 9.09. The van der Waals surface area contributed by atoms with Crippen LogP contribution in [0.15, 0.2) is 72.9 Å². The molecule has 0 radical (unpaired) electrons. The molecule has 5 nitrogen and oxygen atoms in total. The number of nitrogens with zero attached hydrogens (tertiary/aromatic N) is 2. The van der Waals surface area contributed by atoms with Gasteiger partial charge in [0.05, 0.1) is 17.5 Å². The van der Waals surface area contributed by atoms with Crippen molar-refractivity contribution in [2.75, 3.05) is 29.9 Å². The molecule has 5 rings (SSSR count). The van der Waals surface area contributed by atoms with Crippen molar-refractivity contribution in [3.63, 3.8) is 0 Å². The molecule has 1 aliphatic heterocycles. The Bertz CT molecular complexity index is 1300. The Kier molecular flexibility index (Phi) is 5.77. The van der Waals surface area contributed by atoms with Gasteiger partial charge in [0.25, 0.3) is 5.91 Å². The van der Waals surface area contributed by atoms with Gasteiger partial charge in [-0.1, -0.05) is 42.5 Å². The zero-order valence-corrected chi connectivity index (χ0v) is 18.4. The topological polar surface area (TPSA) is 62.3 Å². The fraction of sp³-hybridized carbons (Fsp3) is 0.192. The maximum absolute atomic E-state index is 13.1. The summed E-state index contributed by atoms with van der Waals surface area (Å²) in [5.74, 6) is 1.98. The van der Waals surface area contributed by atoms with Gasteiger partial charge in [-0.15, -0.1) is 0 Å². The van der Waals surface area contributed by atoms with Crippen molar-refractivity contribution in [3.8, 4) is 0 Å². The Morgan fingerprint density at radius 2 is 1.69 bits per heavy atom. The number of carbonyl (C=O) groups is 2. The summed E-state index contributed by atoms with van der Waals surface area (Å²) < 4.78 is 0. The van der Waals surface area contributed by atoms with Gasteiger partial charge in [0, 0.05) is 41.9 Å². The number of nitrogens with one attached hydrogen (secondary N) is 1. The molecule has 0 saturated carbocycles. The molecule has 1 N–H and O–H groups in total. The summed E-state index contributed by atoms with van der Waals surface area (Å²) in [7, 11) is 0. The van der Waals surface area contributed by atoms with Gasteiger partial charge in [0.2, 0.25) is 5.91 Å². The molecule has 0 unspecified atom stereocenters. The zero-order valence-electron chi connectivity index (χ0n) is 17.6. The minimum absolute atomic E-state index is 0.163. The van der Waals surface area contributed by atoms with E-state index in [0.29, 0.717) is 23.2 Å². The third-order valence-corrected chi connectivity index (χ3v) is 6.73. The first-order valence-corrected chi connectivity index (χ1v) is 11.9. The standard InChI is InChI=1S/C26H23N3O2S/c30-24(29-12-14-32-15-13-29)16-18-7-9-20(10-8-18)28-26(31)23-17-19-4-1-2-5-21(19)22-6-3-11-27-25(22)23/h1-11,17H,12-16H2,(H,28,31). The van der Waals surface area contributed by atoms with Crippen molar-refractivity contribution in [1.29, 1.82) is 0 Å². The number of amides is 2. The van der Waals surface area contributed by atoms with Crippen LogP contribution in [0, 0.1) is 0 Å². The highest BCUT2D eigenvalue weighted by Gasteiger charge is 2.17. The lowest BCUT2D eigenvalue weighted by Gasteiger charge is -2.26. The molecule has 1 fully saturated rings. The van der Waals surface area contributed by atoms with Gasteiger partial charge in [0.15, 0.2) is 0 Å². The van der Waals surface area contributed by atoms with E-state index in [2.05, 4.69) is 10.3 Å². The predicted molar refractivity (Wildman–Crippen MR) is 131 cm³/mol. The molecule has 0 aliphatic carbocycles. The van der Waals surface area contributed by atoms with E-state index in [9.17, 15) is 9.59 Å². The van der Waals surface area contributed by atoms with E-state index in [1.165, 1.54) is 0 Å². The van der Waals surface area contributed by atoms with Crippen LogP contribution in [0.4, 0.5) is 5.69 Å². The summed E-state index contributed by atoms with van der Waals surface area (Å²) in [4.78, 5) is 32.0. The van der Waals surface area contributed by atoms with Gasteiger partial charge < -0.3 is 10.2 Å². The Morgan fingerprint density at radius 1 is 0.938 bits per heavy atom. The SMILES string of the molecule is O=C(Nc1ccc(CC(=O)N2CCSCC2)cc1)c1cc2ccccc2c2cccnc12. The van der Waals surface area contributed by atoms with Crippen molar-refractivity contribution >= 4 is 50.9 Å². The number of pyridine rings is 1. The van der Waals surface area contributed by atoms with Gasteiger partial charge in [0.1, 0.15) is 0 Å². The molecule has 0 bridgehead atoms. The highest BCUT2D eigenvalue weighted by Crippen LogP contribution is 2.28. The normalized spacial score (nSPS) is 13.9. The number of aromatic nitrogens is 1. The van der Waals surface area contributed by atoms with E-state index >= 15 is 0 Å². The molecule has 1 aromatic heterocycles. The van der Waals surface area contributed by atoms with E-state index in [1.54, 1.807) is 6.20 Å². The number of thioether (sulfide) groups is 1. The van der Waals surface area contributed by atoms with Crippen molar-refractivity contribution in [3.05, 3.63) is 84.1 Å². The number of benzene rings is 3. The molecular formula is C26H23N3O2S. The Balaban J connectivity index is 1.35. The average Bonchev–Trinajstić information content (AvgIpc) is 2.85. The number of hydrogen-bond donors (Lipinski definition) is 1. The van der Waals surface area contributed by atoms with E-state index in [4.69, 9.17) is 0 Å². The molecule has 32 heavy (non-hydrogen) atoms. The molecule has 0 atom stereocenters. The molecule has 160 valence electrons. The summed E-state index contributed by atoms with van der Waals surface area (Å²) in [6.07, 6.45) is 2.10. The minimum atomic E-state index is -0.200. The van der Waals surface area contributed by atoms with E-state index in [-0.39, 0.29) is 11.8 Å². The van der Waals surface area contributed by atoms with Crippen LogP contribution in [0.25, 0.3) is 21.7 Å². The van der Waals surface area contributed by atoms with Crippen LogP contribution < -0.4 is 5.32 Å². The lowest BCUT2D eigenvalue weighted by Crippen LogP contribution is -2.38. The highest BCUT2D eigenvalue weighted by atomic mass is 32.2. The number of rotatable bonds is 4. The number of anilines is 1. The monoisotopic (exact) mass is 441 g/mol. The van der Waals surface area contributed by atoms with Crippen LogP contribution in [0.1, 0.15) is 15.9 Å². The second kappa shape index (κ2) is 9.01. The quantitative estimate of drug-likeness (QED) is 0.464. The smallest absolute Gasteiger partial charge is 0.257 e. The fourth-order valence-electron chi connectivity index (χ4n) is 4.11. The Morgan fingerprint density at radius 3 is 2.50 bits per heavy atom. The first-order valence-electron chi connectivity index (χ1n) is 10.7. The lowest BCUT2D eigenvalue weighted by molar-refractivity contribution is -0.130. The third-order valence-electron chi connectivity index (χ3n) is 5.79. The fourth-order valence-corrected chi connectivity index (χ4v) is 5.01. The maximum atomic E-state index is 13.1. The largest absolute Gasteiger partial charge is 0.341 e. The number of carbonyl (C=O) groups excluding carboxylic acids is 2. The van der Waals surface area contributed by atoms with Gasteiger partial charge in [-0.05, 0) is 40.6 Å². The maximum Gasteiger partial charge on any atom is 0.257 e. The van der Waals surface area contributed by atoms with Crippen LogP contribution in [-0.4, -0.2) is 46.3 Å². The molecule has 2 heterocycles. The average molecular weight is 442 g/mol. The van der Waals surface area contributed by atoms with Crippen molar-refractivity contribution < 1.29 is 9.59 Å². The zero-order chi connectivity index (χ0) is 21.9. The summed E-state index contributed by atoms with van der Waals surface area (Å²) in [5, 5.41) is 6.02. The highest BCUT2D eigenvalue weighted by molar-refractivity contribution is 7.99. The van der Waals surface area contributed by atoms with Crippen LogP contribution in [0.5, 0.6) is 0 Å². The minimum Gasteiger partial charge on any atom is -0.341 e. The molecule has 3 aromatic carbocycles. The van der Waals surface area contributed by atoms with Crippen LogP contribution in [-0.2, 0) is 11.2 Å². The van der Waals surface area contributed by atoms with Crippen LogP contribution in [0.2, 0.25) is 0 Å². The van der Waals surface area contributed by atoms with Crippen molar-refractivity contribution in [1.82, 2.24) is 9.88 Å². The molecule has 1 aliphatic rings. The van der Waals surface area contributed by atoms with Crippen molar-refractivity contribution in [2.45, 2.75) is 6.42 Å². The van der Waals surface area contributed by atoms with E-state index in [0.717, 1.165) is 46.3 Å². The molecule has 6 heteroatoms. The van der Waals surface area contributed by atoms with Crippen molar-refractivity contribution in [2.24, 2.45) is 0 Å². The molecule has 4 aromatic rings. The first kappa shape index (κ1) is 20.5. The summed E-state index contributed by atoms with van der Waals surface area (Å²) in [5.41, 5.74) is 2.87. The van der Waals surface area contributed by atoms with Gasteiger partial charge in [-0.2, -0.15) is 11.8 Å². The van der Waals surface area contributed by atoms with Gasteiger partial charge in [-0.25, -0.2) is 0 Å². The molecular weight excluding hydrogens is 418 g/mol. The number of hydrogen-bond acceptors (Lipinski definition) is 4. The lowest BCUT2D eigenvalue weighted by atomic mass is 10.0. The van der Waals surface area contributed by atoms with Crippen LogP contribution >= 0.6 is 11.8 Å². The Labute approximate surface area is 190 Å². The van der Waals surface area contributed by atoms with Gasteiger partial charge >= 0.3 is 0 Å². The Hall–Kier alpha value is -3.38. The van der Waals surface area contributed by atoms with E-state index < -0.39 is 0 Å². The molecule has 0 spiro atoms. The summed E-state index contributed by atoms with van der Waals surface area (Å²) >= 11 is 1.89. The van der Waals surface area contributed by atoms with Gasteiger partial charge in [-0.3, -0.25) is 14.6 Å². The molecule has 1 saturated heterocycles.